The highest BCUT2D eigenvalue weighted by Gasteiger charge is 2.13. The summed E-state index contributed by atoms with van der Waals surface area (Å²) in [4.78, 5) is 0. The van der Waals surface area contributed by atoms with Crippen molar-refractivity contribution in [3.05, 3.63) is 12.7 Å². The summed E-state index contributed by atoms with van der Waals surface area (Å²) in [5.74, 6) is 6.69. The molecule has 0 N–H and O–H groups in total. The van der Waals surface area contributed by atoms with Crippen LogP contribution in [0.5, 0.6) is 0 Å². The quantitative estimate of drug-likeness (QED) is 0.148. The molecule has 0 aromatic carbocycles. The van der Waals surface area contributed by atoms with Crippen molar-refractivity contribution in [2.75, 3.05) is 13.2 Å². The van der Waals surface area contributed by atoms with Gasteiger partial charge in [-0.05, 0) is 51.4 Å². The van der Waals surface area contributed by atoms with Crippen LogP contribution in [0.15, 0.2) is 12.7 Å². The highest BCUT2D eigenvalue weighted by Crippen LogP contribution is 2.15. The van der Waals surface area contributed by atoms with Gasteiger partial charge in [-0.1, -0.05) is 57.4 Å². The number of rotatable bonds is 17. The van der Waals surface area contributed by atoms with Gasteiger partial charge in [-0.3, -0.25) is 0 Å². The van der Waals surface area contributed by atoms with Crippen molar-refractivity contribution < 1.29 is 9.47 Å². The van der Waals surface area contributed by atoms with Gasteiger partial charge in [-0.25, -0.2) is 0 Å². The van der Waals surface area contributed by atoms with Crippen molar-refractivity contribution in [3.8, 4) is 11.8 Å². The van der Waals surface area contributed by atoms with Crippen LogP contribution >= 0.6 is 0 Å². The smallest absolute Gasteiger partial charge is 0.157 e. The molecule has 0 saturated carbocycles. The molecule has 1 heterocycles. The van der Waals surface area contributed by atoms with E-state index in [0.29, 0.717) is 0 Å². The fourth-order valence-corrected chi connectivity index (χ4v) is 3.47. The lowest BCUT2D eigenvalue weighted by Crippen LogP contribution is -2.22. The summed E-state index contributed by atoms with van der Waals surface area (Å²) in [5, 5.41) is 0. The van der Waals surface area contributed by atoms with E-state index >= 15 is 0 Å². The molecule has 1 unspecified atom stereocenters. The van der Waals surface area contributed by atoms with Gasteiger partial charge in [0.05, 0.1) is 0 Å². The Morgan fingerprint density at radius 3 is 1.96 bits per heavy atom. The normalized spacial score (nSPS) is 16.7. The van der Waals surface area contributed by atoms with Crippen LogP contribution < -0.4 is 0 Å². The lowest BCUT2D eigenvalue weighted by atomic mass is 10.1. The number of unbranched alkanes of at least 4 members (excludes halogenated alkanes) is 13. The standard InChI is InChI=1S/C25H44O2/c1-2-3-4-5-6-7-8-9-10-11-12-13-14-15-16-17-18-20-23-26-25-22-19-21-24-27-25/h2,25H,1,3-8,11-24H2. The first-order chi connectivity index (χ1) is 13.4. The number of hydrogen-bond donors (Lipinski definition) is 0. The third-order valence-corrected chi connectivity index (χ3v) is 5.22. The van der Waals surface area contributed by atoms with E-state index in [9.17, 15) is 0 Å². The fourth-order valence-electron chi connectivity index (χ4n) is 3.47. The number of ether oxygens (including phenoxy) is 2. The second-order valence-corrected chi connectivity index (χ2v) is 7.84. The van der Waals surface area contributed by atoms with Crippen LogP contribution in [-0.4, -0.2) is 19.5 Å². The SMILES string of the molecule is C=CCCCCCCC#CCCCCCCCCCCOC1CCCCO1. The van der Waals surface area contributed by atoms with Crippen LogP contribution in [0.4, 0.5) is 0 Å². The molecule has 0 aromatic heterocycles. The molecule has 1 atom stereocenters. The van der Waals surface area contributed by atoms with Gasteiger partial charge in [0.25, 0.3) is 0 Å². The summed E-state index contributed by atoms with van der Waals surface area (Å²) in [7, 11) is 0. The average Bonchev–Trinajstić information content (AvgIpc) is 2.70. The van der Waals surface area contributed by atoms with E-state index in [1.807, 2.05) is 6.08 Å². The predicted octanol–water partition coefficient (Wildman–Crippen LogP) is 7.57. The van der Waals surface area contributed by atoms with E-state index < -0.39 is 0 Å². The van der Waals surface area contributed by atoms with Crippen LogP contribution in [0.25, 0.3) is 0 Å². The first-order valence-corrected chi connectivity index (χ1v) is 11.7. The Bertz CT molecular complexity index is 374. The molecule has 1 rings (SSSR count). The Balaban J connectivity index is 1.70. The van der Waals surface area contributed by atoms with Gasteiger partial charge >= 0.3 is 0 Å². The minimum absolute atomic E-state index is 0.0872. The maximum Gasteiger partial charge on any atom is 0.157 e. The van der Waals surface area contributed by atoms with Gasteiger partial charge in [0, 0.05) is 26.1 Å². The van der Waals surface area contributed by atoms with E-state index in [1.165, 1.54) is 89.9 Å². The summed E-state index contributed by atoms with van der Waals surface area (Å²) in [5.41, 5.74) is 0. The highest BCUT2D eigenvalue weighted by molar-refractivity contribution is 4.98. The van der Waals surface area contributed by atoms with Crippen LogP contribution in [0, 0.1) is 11.8 Å². The first kappa shape index (κ1) is 24.3. The minimum atomic E-state index is 0.0872. The van der Waals surface area contributed by atoms with Crippen LogP contribution in [0.2, 0.25) is 0 Å². The molecule has 0 bridgehead atoms. The summed E-state index contributed by atoms with van der Waals surface area (Å²) in [6, 6.07) is 0. The Morgan fingerprint density at radius 1 is 0.778 bits per heavy atom. The third kappa shape index (κ3) is 17.1. The topological polar surface area (TPSA) is 18.5 Å². The molecule has 2 heteroatoms. The van der Waals surface area contributed by atoms with Crippen molar-refractivity contribution >= 4 is 0 Å². The Labute approximate surface area is 169 Å². The zero-order valence-corrected chi connectivity index (χ0v) is 17.8. The molecule has 1 fully saturated rings. The van der Waals surface area contributed by atoms with Crippen molar-refractivity contribution in [3.63, 3.8) is 0 Å². The molecule has 0 aliphatic carbocycles. The lowest BCUT2D eigenvalue weighted by molar-refractivity contribution is -0.162. The molecule has 0 aromatic rings. The summed E-state index contributed by atoms with van der Waals surface area (Å²) >= 11 is 0. The van der Waals surface area contributed by atoms with Crippen LogP contribution in [0.1, 0.15) is 116 Å². The average molecular weight is 377 g/mol. The maximum atomic E-state index is 5.77. The third-order valence-electron chi connectivity index (χ3n) is 5.22. The molecular formula is C25H44O2. The van der Waals surface area contributed by atoms with Crippen LogP contribution in [-0.2, 0) is 9.47 Å². The number of allylic oxidation sites excluding steroid dienone is 1. The van der Waals surface area contributed by atoms with E-state index in [-0.39, 0.29) is 6.29 Å². The second kappa shape index (κ2) is 20.0. The fraction of sp³-hybridized carbons (Fsp3) is 0.840. The Hall–Kier alpha value is -0.780. The zero-order valence-electron chi connectivity index (χ0n) is 17.8. The molecule has 0 amide bonds. The minimum Gasteiger partial charge on any atom is -0.353 e. The van der Waals surface area contributed by atoms with Gasteiger partial charge in [0.15, 0.2) is 6.29 Å². The lowest BCUT2D eigenvalue weighted by Gasteiger charge is -2.22. The Kier molecular flexibility index (Phi) is 17.9. The van der Waals surface area contributed by atoms with Gasteiger partial charge in [0.1, 0.15) is 0 Å². The van der Waals surface area contributed by atoms with Crippen molar-refractivity contribution in [2.24, 2.45) is 0 Å². The first-order valence-electron chi connectivity index (χ1n) is 11.7. The van der Waals surface area contributed by atoms with Gasteiger partial charge in [0.2, 0.25) is 0 Å². The van der Waals surface area contributed by atoms with E-state index in [4.69, 9.17) is 9.47 Å². The Morgan fingerprint density at radius 2 is 1.37 bits per heavy atom. The van der Waals surface area contributed by atoms with E-state index in [0.717, 1.165) is 38.9 Å². The number of hydrogen-bond acceptors (Lipinski definition) is 2. The largest absolute Gasteiger partial charge is 0.353 e. The maximum absolute atomic E-state index is 5.77. The van der Waals surface area contributed by atoms with Gasteiger partial charge < -0.3 is 9.47 Å². The van der Waals surface area contributed by atoms with Crippen molar-refractivity contribution in [1.82, 2.24) is 0 Å². The predicted molar refractivity (Wildman–Crippen MR) is 117 cm³/mol. The molecule has 1 aliphatic heterocycles. The summed E-state index contributed by atoms with van der Waals surface area (Å²) < 4.78 is 11.4. The van der Waals surface area contributed by atoms with Crippen molar-refractivity contribution in [2.45, 2.75) is 122 Å². The van der Waals surface area contributed by atoms with E-state index in [1.54, 1.807) is 0 Å². The second-order valence-electron chi connectivity index (χ2n) is 7.84. The highest BCUT2D eigenvalue weighted by atomic mass is 16.7. The summed E-state index contributed by atoms with van der Waals surface area (Å²) in [6.07, 6.45) is 24.8. The molecule has 0 radical (unpaired) electrons. The molecule has 156 valence electrons. The molecule has 1 saturated heterocycles. The molecule has 2 nitrogen and oxygen atoms in total. The van der Waals surface area contributed by atoms with Crippen LogP contribution in [0.3, 0.4) is 0 Å². The monoisotopic (exact) mass is 376 g/mol. The van der Waals surface area contributed by atoms with Gasteiger partial charge in [-0.2, -0.15) is 0 Å². The molecule has 0 spiro atoms. The molecule has 27 heavy (non-hydrogen) atoms. The van der Waals surface area contributed by atoms with Gasteiger partial charge in [-0.15, -0.1) is 18.4 Å². The van der Waals surface area contributed by atoms with Crippen molar-refractivity contribution in [1.29, 1.82) is 0 Å². The summed E-state index contributed by atoms with van der Waals surface area (Å²) in [6.45, 7) is 5.51. The zero-order chi connectivity index (χ0) is 19.3. The van der Waals surface area contributed by atoms with E-state index in [2.05, 4.69) is 18.4 Å². The molecule has 1 aliphatic rings. The molecular weight excluding hydrogens is 332 g/mol.